The number of nitrogens with zero attached hydrogens (tertiary/aromatic N) is 4. The van der Waals surface area contributed by atoms with Crippen LogP contribution in [0, 0.1) is 11.3 Å². The molecule has 1 aliphatic carbocycles. The number of aromatic nitrogens is 3. The Bertz CT molecular complexity index is 940. The molecule has 26 heavy (non-hydrogen) atoms. The Kier molecular flexibility index (Phi) is 5.03. The normalized spacial score (nSPS) is 13.2. The Morgan fingerprint density at radius 1 is 1.15 bits per heavy atom. The van der Waals surface area contributed by atoms with E-state index in [0.717, 1.165) is 30.2 Å². The summed E-state index contributed by atoms with van der Waals surface area (Å²) in [5, 5.41) is 10.3. The summed E-state index contributed by atoms with van der Waals surface area (Å²) in [6.07, 6.45) is 8.31. The molecule has 0 radical (unpaired) electrons. The summed E-state index contributed by atoms with van der Waals surface area (Å²) < 4.78 is 2.16. The van der Waals surface area contributed by atoms with Crippen molar-refractivity contribution in [1.29, 1.82) is 5.26 Å². The quantitative estimate of drug-likeness (QED) is 0.634. The minimum Gasteiger partial charge on any atom is -0.330 e. The monoisotopic (exact) mass is 360 g/mol. The highest BCUT2D eigenvalue weighted by Gasteiger charge is 2.16. The first-order valence-electron chi connectivity index (χ1n) is 8.93. The Hall–Kier alpha value is -2.58. The van der Waals surface area contributed by atoms with Gasteiger partial charge in [-0.05, 0) is 42.9 Å². The van der Waals surface area contributed by atoms with Gasteiger partial charge in [0.2, 0.25) is 0 Å². The van der Waals surface area contributed by atoms with Crippen LogP contribution in [-0.4, -0.2) is 14.5 Å². The third-order valence-electron chi connectivity index (χ3n) is 4.72. The number of aryl methyl sites for hydroxylation is 2. The maximum Gasteiger partial charge on any atom is 0.119 e. The van der Waals surface area contributed by atoms with Gasteiger partial charge >= 0.3 is 0 Å². The summed E-state index contributed by atoms with van der Waals surface area (Å²) in [4.78, 5) is 9.30. The maximum atomic E-state index is 9.50. The average Bonchev–Trinajstić information content (AvgIpc) is 3.13. The molecule has 0 saturated carbocycles. The molecule has 0 atom stereocenters. The van der Waals surface area contributed by atoms with Gasteiger partial charge in [0.15, 0.2) is 0 Å². The number of hydrogen-bond acceptors (Lipinski definition) is 4. The van der Waals surface area contributed by atoms with Gasteiger partial charge in [0.05, 0.1) is 11.3 Å². The summed E-state index contributed by atoms with van der Waals surface area (Å²) in [6, 6.07) is 14.7. The molecular formula is C21H20N4S. The van der Waals surface area contributed by atoms with Gasteiger partial charge in [0, 0.05) is 24.6 Å². The lowest BCUT2D eigenvalue weighted by molar-refractivity contribution is 0.660. The van der Waals surface area contributed by atoms with Crippen LogP contribution < -0.4 is 0 Å². The van der Waals surface area contributed by atoms with E-state index < -0.39 is 0 Å². The molecule has 0 saturated heterocycles. The van der Waals surface area contributed by atoms with Crippen LogP contribution in [-0.2, 0) is 25.1 Å². The number of imidazole rings is 1. The molecule has 4 nitrogen and oxygen atoms in total. The Labute approximate surface area is 157 Å². The van der Waals surface area contributed by atoms with Crippen molar-refractivity contribution >= 4 is 11.8 Å². The van der Waals surface area contributed by atoms with Crippen LogP contribution in [0.4, 0.5) is 0 Å². The Balaban J connectivity index is 1.52. The fraction of sp³-hybridized carbons (Fsp3) is 0.286. The van der Waals surface area contributed by atoms with E-state index in [1.54, 1.807) is 11.8 Å². The van der Waals surface area contributed by atoms with Crippen LogP contribution in [0.2, 0.25) is 0 Å². The lowest BCUT2D eigenvalue weighted by Gasteiger charge is -2.16. The van der Waals surface area contributed by atoms with Crippen LogP contribution in [0.5, 0.6) is 0 Å². The molecule has 1 aromatic carbocycles. The summed E-state index contributed by atoms with van der Waals surface area (Å²) in [7, 11) is 0. The first-order chi connectivity index (χ1) is 12.8. The predicted octanol–water partition coefficient (Wildman–Crippen LogP) is 4.37. The topological polar surface area (TPSA) is 54.5 Å². The average molecular weight is 360 g/mol. The van der Waals surface area contributed by atoms with Crippen molar-refractivity contribution in [3.63, 3.8) is 0 Å². The first-order valence-corrected chi connectivity index (χ1v) is 9.91. The number of rotatable bonds is 5. The number of fused-ring (bicyclic) bond motifs is 1. The van der Waals surface area contributed by atoms with Gasteiger partial charge in [-0.1, -0.05) is 42.1 Å². The molecule has 0 bridgehead atoms. The second kappa shape index (κ2) is 7.76. The Morgan fingerprint density at radius 2 is 2.00 bits per heavy atom. The standard InChI is InChI=1S/C21H20N4S/c22-13-18-12-17-8-4-5-9-19(17)24-21(18)26-15-20-23-10-11-25(20)14-16-6-2-1-3-7-16/h1-3,6-7,10-12H,4-5,8-9,14-15H2. The third kappa shape index (κ3) is 3.66. The van der Waals surface area contributed by atoms with Gasteiger partial charge in [0.25, 0.3) is 0 Å². The number of hydrogen-bond donors (Lipinski definition) is 0. The van der Waals surface area contributed by atoms with Crippen molar-refractivity contribution in [1.82, 2.24) is 14.5 Å². The zero-order chi connectivity index (χ0) is 17.8. The van der Waals surface area contributed by atoms with E-state index >= 15 is 0 Å². The molecule has 0 aliphatic heterocycles. The van der Waals surface area contributed by atoms with Crippen LogP contribution in [0.3, 0.4) is 0 Å². The molecule has 4 rings (SSSR count). The van der Waals surface area contributed by atoms with Crippen molar-refractivity contribution in [2.24, 2.45) is 0 Å². The fourth-order valence-electron chi connectivity index (χ4n) is 3.34. The Morgan fingerprint density at radius 3 is 2.85 bits per heavy atom. The molecule has 1 aliphatic rings. The fourth-order valence-corrected chi connectivity index (χ4v) is 4.28. The molecule has 0 N–H and O–H groups in total. The minimum absolute atomic E-state index is 0.691. The van der Waals surface area contributed by atoms with Gasteiger partial charge in [-0.15, -0.1) is 0 Å². The molecule has 5 heteroatoms. The van der Waals surface area contributed by atoms with Crippen LogP contribution >= 0.6 is 11.8 Å². The summed E-state index contributed by atoms with van der Waals surface area (Å²) >= 11 is 1.61. The molecule has 2 heterocycles. The largest absolute Gasteiger partial charge is 0.330 e. The van der Waals surface area contributed by atoms with Crippen LogP contribution in [0.25, 0.3) is 0 Å². The number of thioether (sulfide) groups is 1. The van der Waals surface area contributed by atoms with E-state index in [-0.39, 0.29) is 0 Å². The van der Waals surface area contributed by atoms with E-state index in [4.69, 9.17) is 4.98 Å². The summed E-state index contributed by atoms with van der Waals surface area (Å²) in [6.45, 7) is 0.805. The molecule has 2 aromatic heterocycles. The second-order valence-corrected chi connectivity index (χ2v) is 7.48. The molecule has 0 spiro atoms. The summed E-state index contributed by atoms with van der Waals surface area (Å²) in [5.74, 6) is 1.71. The lowest BCUT2D eigenvalue weighted by Crippen LogP contribution is -2.08. The van der Waals surface area contributed by atoms with Crippen molar-refractivity contribution in [2.45, 2.75) is 43.0 Å². The highest BCUT2D eigenvalue weighted by molar-refractivity contribution is 7.98. The SMILES string of the molecule is N#Cc1cc2c(nc1SCc1nccn1Cc1ccccc1)CCCC2. The lowest BCUT2D eigenvalue weighted by atomic mass is 9.95. The van der Waals surface area contributed by atoms with Gasteiger partial charge in [0.1, 0.15) is 16.9 Å². The van der Waals surface area contributed by atoms with Gasteiger partial charge in [-0.3, -0.25) is 0 Å². The van der Waals surface area contributed by atoms with Crippen molar-refractivity contribution < 1.29 is 0 Å². The molecule has 0 unspecified atom stereocenters. The number of benzene rings is 1. The molecule has 0 amide bonds. The second-order valence-electron chi connectivity index (χ2n) is 6.51. The zero-order valence-electron chi connectivity index (χ0n) is 14.6. The van der Waals surface area contributed by atoms with Crippen molar-refractivity contribution in [2.75, 3.05) is 0 Å². The molecule has 3 aromatic rings. The number of nitriles is 1. The highest BCUT2D eigenvalue weighted by atomic mass is 32.2. The highest BCUT2D eigenvalue weighted by Crippen LogP contribution is 2.29. The predicted molar refractivity (Wildman–Crippen MR) is 103 cm³/mol. The smallest absolute Gasteiger partial charge is 0.119 e. The van der Waals surface area contributed by atoms with E-state index in [1.807, 2.05) is 24.5 Å². The van der Waals surface area contributed by atoms with E-state index in [2.05, 4.69) is 39.9 Å². The molecule has 0 fully saturated rings. The van der Waals surface area contributed by atoms with Gasteiger partial charge < -0.3 is 4.57 Å². The maximum absolute atomic E-state index is 9.50. The van der Waals surface area contributed by atoms with Crippen molar-refractivity contribution in [3.8, 4) is 6.07 Å². The van der Waals surface area contributed by atoms with E-state index in [1.165, 1.54) is 29.7 Å². The van der Waals surface area contributed by atoms with Crippen LogP contribution in [0.1, 0.15) is 41.1 Å². The van der Waals surface area contributed by atoms with Gasteiger partial charge in [-0.2, -0.15) is 5.26 Å². The molecule has 130 valence electrons. The summed E-state index contributed by atoms with van der Waals surface area (Å²) in [5.41, 5.74) is 4.37. The first kappa shape index (κ1) is 16.9. The number of pyridine rings is 1. The minimum atomic E-state index is 0.691. The van der Waals surface area contributed by atoms with E-state index in [0.29, 0.717) is 11.3 Å². The van der Waals surface area contributed by atoms with E-state index in [9.17, 15) is 5.26 Å². The molecular weight excluding hydrogens is 340 g/mol. The zero-order valence-corrected chi connectivity index (χ0v) is 15.4. The third-order valence-corrected chi connectivity index (χ3v) is 5.71. The van der Waals surface area contributed by atoms with Crippen molar-refractivity contribution in [3.05, 3.63) is 77.0 Å². The van der Waals surface area contributed by atoms with Gasteiger partial charge in [-0.25, -0.2) is 9.97 Å². The van der Waals surface area contributed by atoms with Crippen LogP contribution in [0.15, 0.2) is 53.8 Å².